The van der Waals surface area contributed by atoms with Crippen LogP contribution in [-0.4, -0.2) is 19.9 Å². The van der Waals surface area contributed by atoms with Crippen LogP contribution in [0.4, 0.5) is 5.69 Å². The highest BCUT2D eigenvalue weighted by Crippen LogP contribution is 2.26. The van der Waals surface area contributed by atoms with Gasteiger partial charge in [0.25, 0.3) is 5.69 Å². The Balaban J connectivity index is 2.39. The van der Waals surface area contributed by atoms with E-state index in [1.165, 1.54) is 16.8 Å². The van der Waals surface area contributed by atoms with Crippen molar-refractivity contribution in [1.29, 1.82) is 0 Å². The first kappa shape index (κ1) is 12.8. The van der Waals surface area contributed by atoms with Gasteiger partial charge in [0, 0.05) is 6.07 Å². The molecule has 0 saturated heterocycles. The number of nitrogens with zero attached hydrogens (tertiary/aromatic N) is 4. The van der Waals surface area contributed by atoms with Crippen molar-refractivity contribution in [2.24, 2.45) is 0 Å². The van der Waals surface area contributed by atoms with Crippen LogP contribution < -0.4 is 0 Å². The predicted molar refractivity (Wildman–Crippen MR) is 67.3 cm³/mol. The number of alkyl halides is 1. The second kappa shape index (κ2) is 4.91. The summed E-state index contributed by atoms with van der Waals surface area (Å²) >= 11 is 11.7. The summed E-state index contributed by atoms with van der Waals surface area (Å²) in [6.07, 6.45) is 1.65. The van der Waals surface area contributed by atoms with Crippen molar-refractivity contribution in [3.63, 3.8) is 0 Å². The van der Waals surface area contributed by atoms with Crippen LogP contribution >= 0.6 is 23.2 Å². The summed E-state index contributed by atoms with van der Waals surface area (Å²) < 4.78 is 1.46. The van der Waals surface area contributed by atoms with E-state index in [9.17, 15) is 10.1 Å². The normalized spacial score (nSPS) is 12.4. The van der Waals surface area contributed by atoms with Gasteiger partial charge in [0.05, 0.1) is 22.2 Å². The van der Waals surface area contributed by atoms with E-state index in [1.807, 2.05) is 0 Å². The Bertz CT molecular complexity index is 597. The van der Waals surface area contributed by atoms with Gasteiger partial charge in [0.2, 0.25) is 0 Å². The number of nitro benzene ring substituents is 1. The summed E-state index contributed by atoms with van der Waals surface area (Å²) in [6, 6.07) is 4.32. The van der Waals surface area contributed by atoms with E-state index < -0.39 is 4.92 Å². The molecule has 0 N–H and O–H groups in total. The van der Waals surface area contributed by atoms with Crippen LogP contribution in [0.15, 0.2) is 24.4 Å². The molecular weight excluding hydrogens is 279 g/mol. The lowest BCUT2D eigenvalue weighted by Crippen LogP contribution is -1.96. The van der Waals surface area contributed by atoms with Gasteiger partial charge in [-0.3, -0.25) is 10.1 Å². The molecule has 0 spiro atoms. The monoisotopic (exact) mass is 286 g/mol. The van der Waals surface area contributed by atoms with Crippen molar-refractivity contribution in [3.05, 3.63) is 45.2 Å². The van der Waals surface area contributed by atoms with E-state index in [2.05, 4.69) is 10.3 Å². The first-order valence-electron chi connectivity index (χ1n) is 4.99. The molecule has 8 heteroatoms. The fraction of sp³-hybridized carbons (Fsp3) is 0.200. The fourth-order valence-corrected chi connectivity index (χ4v) is 1.72. The van der Waals surface area contributed by atoms with Gasteiger partial charge in [0.15, 0.2) is 0 Å². The summed E-state index contributed by atoms with van der Waals surface area (Å²) in [4.78, 5) is 10.1. The highest BCUT2D eigenvalue weighted by atomic mass is 35.5. The van der Waals surface area contributed by atoms with Gasteiger partial charge in [-0.05, 0) is 19.1 Å². The van der Waals surface area contributed by atoms with Crippen LogP contribution in [0, 0.1) is 10.1 Å². The molecule has 0 aliphatic carbocycles. The molecule has 1 aromatic carbocycles. The van der Waals surface area contributed by atoms with Crippen LogP contribution in [0.1, 0.15) is 18.0 Å². The molecule has 1 unspecified atom stereocenters. The van der Waals surface area contributed by atoms with E-state index in [1.54, 1.807) is 19.2 Å². The molecule has 18 heavy (non-hydrogen) atoms. The molecule has 1 aromatic heterocycles. The van der Waals surface area contributed by atoms with Crippen molar-refractivity contribution in [2.75, 3.05) is 0 Å². The Morgan fingerprint density at radius 2 is 2.22 bits per heavy atom. The molecule has 2 aromatic rings. The number of halogens is 2. The number of rotatable bonds is 3. The topological polar surface area (TPSA) is 73.8 Å². The van der Waals surface area contributed by atoms with Crippen LogP contribution in [-0.2, 0) is 0 Å². The molecule has 0 fully saturated rings. The molecule has 0 radical (unpaired) electrons. The van der Waals surface area contributed by atoms with Gasteiger partial charge >= 0.3 is 0 Å². The van der Waals surface area contributed by atoms with Gasteiger partial charge < -0.3 is 0 Å². The van der Waals surface area contributed by atoms with Crippen LogP contribution in [0.25, 0.3) is 5.69 Å². The summed E-state index contributed by atoms with van der Waals surface area (Å²) in [6.45, 7) is 1.78. The lowest BCUT2D eigenvalue weighted by Gasteiger charge is -2.01. The smallest absolute Gasteiger partial charge is 0.258 e. The molecule has 0 bridgehead atoms. The Labute approximate surface area is 112 Å². The minimum absolute atomic E-state index is 0.0495. The largest absolute Gasteiger partial charge is 0.288 e. The lowest BCUT2D eigenvalue weighted by molar-refractivity contribution is -0.384. The van der Waals surface area contributed by atoms with Gasteiger partial charge in [-0.25, -0.2) is 4.68 Å². The summed E-state index contributed by atoms with van der Waals surface area (Å²) in [5, 5.41) is 18.2. The zero-order valence-corrected chi connectivity index (χ0v) is 10.8. The minimum atomic E-state index is -0.542. The zero-order chi connectivity index (χ0) is 13.3. The Kier molecular flexibility index (Phi) is 3.49. The highest BCUT2D eigenvalue weighted by molar-refractivity contribution is 6.32. The van der Waals surface area contributed by atoms with Crippen molar-refractivity contribution in [3.8, 4) is 5.69 Å². The third-order valence-electron chi connectivity index (χ3n) is 2.31. The van der Waals surface area contributed by atoms with Gasteiger partial charge in [0.1, 0.15) is 10.7 Å². The summed E-state index contributed by atoms with van der Waals surface area (Å²) in [7, 11) is 0. The van der Waals surface area contributed by atoms with Gasteiger partial charge in [-0.2, -0.15) is 0 Å². The molecule has 0 amide bonds. The Morgan fingerprint density at radius 3 is 2.72 bits per heavy atom. The Morgan fingerprint density at radius 1 is 1.50 bits per heavy atom. The first-order chi connectivity index (χ1) is 8.49. The van der Waals surface area contributed by atoms with Crippen LogP contribution in [0.2, 0.25) is 5.02 Å². The zero-order valence-electron chi connectivity index (χ0n) is 9.25. The Hall–Kier alpha value is -1.66. The third kappa shape index (κ3) is 2.44. The maximum absolute atomic E-state index is 10.6. The van der Waals surface area contributed by atoms with E-state index in [-0.39, 0.29) is 16.1 Å². The molecule has 2 rings (SSSR count). The SMILES string of the molecule is CC(Cl)c1cn(-c2ccc([N+](=O)[O-])c(Cl)c2)nn1. The number of hydrogen-bond donors (Lipinski definition) is 0. The molecule has 0 aliphatic rings. The molecule has 0 saturated carbocycles. The van der Waals surface area contributed by atoms with Crippen molar-refractivity contribution < 1.29 is 4.92 Å². The minimum Gasteiger partial charge on any atom is -0.258 e. The average molecular weight is 287 g/mol. The van der Waals surface area contributed by atoms with E-state index in [4.69, 9.17) is 23.2 Å². The second-order valence-electron chi connectivity index (χ2n) is 3.60. The summed E-state index contributed by atoms with van der Waals surface area (Å²) in [5.74, 6) is 0. The van der Waals surface area contributed by atoms with Gasteiger partial charge in [-0.15, -0.1) is 16.7 Å². The number of benzene rings is 1. The molecular formula is C10H8Cl2N4O2. The quantitative estimate of drug-likeness (QED) is 0.494. The lowest BCUT2D eigenvalue weighted by atomic mass is 10.3. The molecule has 0 aliphatic heterocycles. The first-order valence-corrected chi connectivity index (χ1v) is 5.81. The standard InChI is InChI=1S/C10H8Cl2N4O2/c1-6(11)9-5-15(14-13-9)7-2-3-10(16(17)18)8(12)4-7/h2-6H,1H3. The maximum Gasteiger partial charge on any atom is 0.288 e. The predicted octanol–water partition coefficient (Wildman–Crippen LogP) is 3.13. The fourth-order valence-electron chi connectivity index (χ4n) is 1.37. The van der Waals surface area contributed by atoms with Gasteiger partial charge in [-0.1, -0.05) is 16.8 Å². The maximum atomic E-state index is 10.6. The second-order valence-corrected chi connectivity index (χ2v) is 4.66. The number of hydrogen-bond acceptors (Lipinski definition) is 4. The van der Waals surface area contributed by atoms with Crippen molar-refractivity contribution >= 4 is 28.9 Å². The molecule has 94 valence electrons. The third-order valence-corrected chi connectivity index (χ3v) is 2.84. The van der Waals surface area contributed by atoms with E-state index in [0.717, 1.165) is 0 Å². The average Bonchev–Trinajstić information content (AvgIpc) is 2.77. The highest BCUT2D eigenvalue weighted by Gasteiger charge is 2.14. The number of aromatic nitrogens is 3. The molecule has 1 atom stereocenters. The van der Waals surface area contributed by atoms with Crippen LogP contribution in [0.5, 0.6) is 0 Å². The molecule has 6 nitrogen and oxygen atoms in total. The van der Waals surface area contributed by atoms with Crippen LogP contribution in [0.3, 0.4) is 0 Å². The number of nitro groups is 1. The van der Waals surface area contributed by atoms with Crippen molar-refractivity contribution in [2.45, 2.75) is 12.3 Å². The summed E-state index contributed by atoms with van der Waals surface area (Å²) in [5.41, 5.74) is 1.05. The van der Waals surface area contributed by atoms with E-state index in [0.29, 0.717) is 11.4 Å². The van der Waals surface area contributed by atoms with E-state index >= 15 is 0 Å². The van der Waals surface area contributed by atoms with Crippen molar-refractivity contribution in [1.82, 2.24) is 15.0 Å². The molecule has 1 heterocycles.